The summed E-state index contributed by atoms with van der Waals surface area (Å²) in [5.41, 5.74) is 3.13. The molecule has 0 saturated carbocycles. The van der Waals surface area contributed by atoms with E-state index in [4.69, 9.17) is 4.74 Å². The van der Waals surface area contributed by atoms with Gasteiger partial charge in [0.1, 0.15) is 5.75 Å². The quantitative estimate of drug-likeness (QED) is 0.374. The molecule has 24 heavy (non-hydrogen) atoms. The third-order valence-corrected chi connectivity index (χ3v) is 4.83. The average Bonchev–Trinajstić information content (AvgIpc) is 3.08. The summed E-state index contributed by atoms with van der Waals surface area (Å²) >= 11 is 1.37. The molecule has 0 N–H and O–H groups in total. The van der Waals surface area contributed by atoms with Crippen LogP contribution < -0.4 is 4.74 Å². The molecule has 1 aromatic heterocycles. The van der Waals surface area contributed by atoms with Crippen molar-refractivity contribution >= 4 is 17.6 Å². The number of benzene rings is 1. The second-order valence-corrected chi connectivity index (χ2v) is 6.86. The van der Waals surface area contributed by atoms with E-state index < -0.39 is 0 Å². The number of aryl methyl sites for hydroxylation is 1. The van der Waals surface area contributed by atoms with Gasteiger partial charge in [0.2, 0.25) is 0 Å². The maximum atomic E-state index is 10.9. The largest absolute Gasteiger partial charge is 0.493 e. The van der Waals surface area contributed by atoms with Crippen LogP contribution in [0.1, 0.15) is 67.7 Å². The molecule has 0 amide bonds. The van der Waals surface area contributed by atoms with Gasteiger partial charge in [-0.05, 0) is 37.5 Å². The van der Waals surface area contributed by atoms with Crippen LogP contribution in [0.2, 0.25) is 0 Å². The van der Waals surface area contributed by atoms with Gasteiger partial charge in [0.05, 0.1) is 12.3 Å². The van der Waals surface area contributed by atoms with Crippen LogP contribution in [0.3, 0.4) is 0 Å². The topological polar surface area (TPSA) is 39.2 Å². The van der Waals surface area contributed by atoms with Gasteiger partial charge in [-0.2, -0.15) is 0 Å². The molecule has 130 valence electrons. The summed E-state index contributed by atoms with van der Waals surface area (Å²) < 4.78 is 5.74. The molecule has 0 aliphatic carbocycles. The van der Waals surface area contributed by atoms with Crippen molar-refractivity contribution in [1.82, 2.24) is 4.98 Å². The highest BCUT2D eigenvalue weighted by Gasteiger charge is 2.11. The third-order valence-electron chi connectivity index (χ3n) is 4.06. The molecule has 0 aliphatic heterocycles. The normalized spacial score (nSPS) is 10.8. The summed E-state index contributed by atoms with van der Waals surface area (Å²) in [5, 5.41) is 2.43. The molecule has 2 aromatic rings. The molecule has 0 bridgehead atoms. The maximum absolute atomic E-state index is 10.9. The van der Waals surface area contributed by atoms with Crippen molar-refractivity contribution in [2.24, 2.45) is 0 Å². The molecular weight excluding hydrogens is 318 g/mol. The van der Waals surface area contributed by atoms with E-state index >= 15 is 0 Å². The number of carbonyl (C=O) groups excluding carboxylic acids is 1. The van der Waals surface area contributed by atoms with Crippen LogP contribution in [0.5, 0.6) is 5.75 Å². The van der Waals surface area contributed by atoms with Crippen molar-refractivity contribution < 1.29 is 9.53 Å². The minimum atomic E-state index is 0.508. The van der Waals surface area contributed by atoms with E-state index in [1.165, 1.54) is 55.4 Å². The highest BCUT2D eigenvalue weighted by molar-refractivity contribution is 7.11. The van der Waals surface area contributed by atoms with Crippen LogP contribution in [0.15, 0.2) is 23.6 Å². The zero-order valence-corrected chi connectivity index (χ0v) is 15.5. The Balaban J connectivity index is 2.05. The third kappa shape index (κ3) is 5.45. The summed E-state index contributed by atoms with van der Waals surface area (Å²) in [6.07, 6.45) is 9.69. The van der Waals surface area contributed by atoms with Crippen molar-refractivity contribution in [1.29, 1.82) is 0 Å². The second-order valence-electron chi connectivity index (χ2n) is 5.97. The highest BCUT2D eigenvalue weighted by atomic mass is 32.1. The Labute approximate surface area is 149 Å². The molecule has 1 aromatic carbocycles. The fourth-order valence-electron chi connectivity index (χ4n) is 2.79. The molecule has 4 heteroatoms. The molecule has 0 saturated heterocycles. The van der Waals surface area contributed by atoms with Crippen molar-refractivity contribution in [3.8, 4) is 17.0 Å². The zero-order valence-electron chi connectivity index (χ0n) is 14.7. The van der Waals surface area contributed by atoms with Crippen LogP contribution in [0, 0.1) is 0 Å². The van der Waals surface area contributed by atoms with Gasteiger partial charge in [-0.1, -0.05) is 45.1 Å². The predicted molar refractivity (Wildman–Crippen MR) is 101 cm³/mol. The molecule has 0 unspecified atom stereocenters. The van der Waals surface area contributed by atoms with Gasteiger partial charge < -0.3 is 4.74 Å². The number of unbranched alkanes of at least 4 members (excludes halogenated alkanes) is 5. The summed E-state index contributed by atoms with van der Waals surface area (Å²) in [5.74, 6) is 0.840. The number of aromatic nitrogens is 1. The smallest absolute Gasteiger partial charge is 0.178 e. The number of rotatable bonds is 11. The van der Waals surface area contributed by atoms with Crippen molar-refractivity contribution in [2.75, 3.05) is 6.61 Å². The summed E-state index contributed by atoms with van der Waals surface area (Å²) in [6.45, 7) is 4.84. The van der Waals surface area contributed by atoms with E-state index in [1.807, 2.05) is 18.4 Å². The minimum absolute atomic E-state index is 0.508. The monoisotopic (exact) mass is 345 g/mol. The lowest BCUT2D eigenvalue weighted by atomic mass is 10.0. The van der Waals surface area contributed by atoms with Gasteiger partial charge in [0, 0.05) is 10.9 Å². The van der Waals surface area contributed by atoms with Gasteiger partial charge in [-0.25, -0.2) is 4.98 Å². The zero-order chi connectivity index (χ0) is 17.2. The Bertz CT molecular complexity index is 636. The molecule has 0 fully saturated rings. The number of nitrogens with zero attached hydrogens (tertiary/aromatic N) is 1. The molecule has 0 aliphatic rings. The van der Waals surface area contributed by atoms with Gasteiger partial charge in [-0.3, -0.25) is 4.79 Å². The average molecular weight is 346 g/mol. The number of thiazole rings is 1. The standard InChI is InChI=1S/C20H27NO2S/c1-3-5-6-7-8-9-10-16-11-12-19(23-4-2)17(13-16)18-15-24-20(14-22)21-18/h11-15H,3-10H2,1-2H3. The minimum Gasteiger partial charge on any atom is -0.493 e. The molecule has 0 spiro atoms. The molecule has 0 radical (unpaired) electrons. The number of carbonyl (C=O) groups is 1. The Morgan fingerprint density at radius 2 is 1.92 bits per heavy atom. The second kappa shape index (κ2) is 10.2. The van der Waals surface area contributed by atoms with Crippen LogP contribution in [-0.4, -0.2) is 17.9 Å². The van der Waals surface area contributed by atoms with Gasteiger partial charge >= 0.3 is 0 Å². The van der Waals surface area contributed by atoms with Crippen molar-refractivity contribution in [3.63, 3.8) is 0 Å². The van der Waals surface area contributed by atoms with Crippen LogP contribution in [-0.2, 0) is 6.42 Å². The van der Waals surface area contributed by atoms with E-state index in [-0.39, 0.29) is 0 Å². The predicted octanol–water partition coefficient (Wildman–Crippen LogP) is 5.92. The number of ether oxygens (including phenoxy) is 1. The highest BCUT2D eigenvalue weighted by Crippen LogP contribution is 2.32. The number of aldehydes is 1. The Hall–Kier alpha value is -1.68. The molecular formula is C20H27NO2S. The summed E-state index contributed by atoms with van der Waals surface area (Å²) in [6, 6.07) is 6.35. The van der Waals surface area contributed by atoms with Crippen LogP contribution in [0.4, 0.5) is 0 Å². The fourth-order valence-corrected chi connectivity index (χ4v) is 3.41. The summed E-state index contributed by atoms with van der Waals surface area (Å²) in [7, 11) is 0. The lowest BCUT2D eigenvalue weighted by molar-refractivity contribution is 0.112. The van der Waals surface area contributed by atoms with E-state index in [0.29, 0.717) is 11.6 Å². The van der Waals surface area contributed by atoms with E-state index in [1.54, 1.807) is 0 Å². The fraction of sp³-hybridized carbons (Fsp3) is 0.500. The number of hydrogen-bond acceptors (Lipinski definition) is 4. The Morgan fingerprint density at radius 3 is 2.62 bits per heavy atom. The number of hydrogen-bond donors (Lipinski definition) is 0. The Morgan fingerprint density at radius 1 is 1.12 bits per heavy atom. The van der Waals surface area contributed by atoms with Gasteiger partial charge in [0.15, 0.2) is 11.3 Å². The molecule has 0 atom stereocenters. The van der Waals surface area contributed by atoms with Crippen molar-refractivity contribution in [2.45, 2.75) is 58.8 Å². The first-order valence-corrected chi connectivity index (χ1v) is 9.83. The van der Waals surface area contributed by atoms with Crippen LogP contribution in [0.25, 0.3) is 11.3 Å². The first-order valence-electron chi connectivity index (χ1n) is 8.95. The van der Waals surface area contributed by atoms with Crippen molar-refractivity contribution in [3.05, 3.63) is 34.2 Å². The first kappa shape index (κ1) is 18.7. The van der Waals surface area contributed by atoms with Crippen LogP contribution >= 0.6 is 11.3 Å². The van der Waals surface area contributed by atoms with E-state index in [0.717, 1.165) is 29.7 Å². The molecule has 2 rings (SSSR count). The maximum Gasteiger partial charge on any atom is 0.178 e. The van der Waals surface area contributed by atoms with E-state index in [2.05, 4.69) is 24.0 Å². The Kier molecular flexibility index (Phi) is 7.96. The lowest BCUT2D eigenvalue weighted by Crippen LogP contribution is -1.96. The van der Waals surface area contributed by atoms with Gasteiger partial charge in [0.25, 0.3) is 0 Å². The van der Waals surface area contributed by atoms with Gasteiger partial charge in [-0.15, -0.1) is 11.3 Å². The first-order chi connectivity index (χ1) is 11.8. The lowest BCUT2D eigenvalue weighted by Gasteiger charge is -2.11. The molecule has 3 nitrogen and oxygen atoms in total. The van der Waals surface area contributed by atoms with E-state index in [9.17, 15) is 4.79 Å². The SMILES string of the molecule is CCCCCCCCc1ccc(OCC)c(-c2csc(C=O)n2)c1. The molecule has 1 heterocycles. The summed E-state index contributed by atoms with van der Waals surface area (Å²) in [4.78, 5) is 15.3.